The average molecular weight is 290 g/mol. The molecule has 5 heteroatoms. The van der Waals surface area contributed by atoms with Crippen molar-refractivity contribution in [1.82, 2.24) is 19.5 Å². The quantitative estimate of drug-likeness (QED) is 0.609. The van der Waals surface area contributed by atoms with Crippen LogP contribution in [-0.4, -0.2) is 19.5 Å². The number of para-hydroxylation sites is 1. The van der Waals surface area contributed by atoms with Crippen LogP contribution >= 0.6 is 0 Å². The van der Waals surface area contributed by atoms with E-state index in [9.17, 15) is 4.79 Å². The monoisotopic (exact) mass is 290 g/mol. The standard InChI is InChI=1S/C17H14N4O/c22-17-19-14-6-5-12(10-15(14)20-17)9-13-3-1-2-4-16(13)21-8-7-18-11-21/h1-8,10-11H,9H2,(H2,19,20,22). The first-order chi connectivity index (χ1) is 10.8. The molecule has 5 nitrogen and oxygen atoms in total. The van der Waals surface area contributed by atoms with Gasteiger partial charge in [0.05, 0.1) is 17.4 Å². The van der Waals surface area contributed by atoms with Crippen LogP contribution in [0.2, 0.25) is 0 Å². The minimum absolute atomic E-state index is 0.175. The van der Waals surface area contributed by atoms with Crippen molar-refractivity contribution >= 4 is 11.0 Å². The summed E-state index contributed by atoms with van der Waals surface area (Å²) in [5.74, 6) is 0. The lowest BCUT2D eigenvalue weighted by atomic mass is 10.0. The van der Waals surface area contributed by atoms with Crippen molar-refractivity contribution in [2.75, 3.05) is 0 Å². The summed E-state index contributed by atoms with van der Waals surface area (Å²) in [6.07, 6.45) is 6.29. The Kier molecular flexibility index (Phi) is 2.89. The fourth-order valence-electron chi connectivity index (χ4n) is 2.72. The molecule has 0 saturated heterocycles. The number of rotatable bonds is 3. The predicted octanol–water partition coefficient (Wildman–Crippen LogP) is 2.63. The van der Waals surface area contributed by atoms with Crippen LogP contribution in [0.5, 0.6) is 0 Å². The van der Waals surface area contributed by atoms with E-state index in [0.717, 1.165) is 28.7 Å². The normalized spacial score (nSPS) is 11.1. The minimum Gasteiger partial charge on any atom is -0.306 e. The molecular formula is C17H14N4O. The number of hydrogen-bond acceptors (Lipinski definition) is 2. The van der Waals surface area contributed by atoms with E-state index >= 15 is 0 Å². The Balaban J connectivity index is 1.75. The third-order valence-corrected chi connectivity index (χ3v) is 3.75. The molecule has 22 heavy (non-hydrogen) atoms. The molecule has 4 rings (SSSR count). The molecule has 2 heterocycles. The van der Waals surface area contributed by atoms with E-state index in [1.807, 2.05) is 41.1 Å². The second-order valence-electron chi connectivity index (χ2n) is 5.23. The summed E-state index contributed by atoms with van der Waals surface area (Å²) in [6.45, 7) is 0. The van der Waals surface area contributed by atoms with Crippen molar-refractivity contribution < 1.29 is 0 Å². The number of imidazole rings is 2. The predicted molar refractivity (Wildman–Crippen MR) is 85.3 cm³/mol. The summed E-state index contributed by atoms with van der Waals surface area (Å²) in [6, 6.07) is 14.2. The Morgan fingerprint density at radius 2 is 1.91 bits per heavy atom. The van der Waals surface area contributed by atoms with E-state index in [1.165, 1.54) is 5.56 Å². The number of hydrogen-bond donors (Lipinski definition) is 2. The van der Waals surface area contributed by atoms with Gasteiger partial charge in [0.25, 0.3) is 0 Å². The number of fused-ring (bicyclic) bond motifs is 1. The molecule has 4 aromatic rings. The van der Waals surface area contributed by atoms with Crippen LogP contribution in [0.3, 0.4) is 0 Å². The highest BCUT2D eigenvalue weighted by Crippen LogP contribution is 2.19. The Hall–Kier alpha value is -3.08. The molecule has 0 amide bonds. The number of aromatic amines is 2. The maximum absolute atomic E-state index is 11.3. The molecule has 0 bridgehead atoms. The van der Waals surface area contributed by atoms with Crippen LogP contribution in [0, 0.1) is 0 Å². The summed E-state index contributed by atoms with van der Waals surface area (Å²) in [5.41, 5.74) is 4.96. The topological polar surface area (TPSA) is 66.5 Å². The van der Waals surface area contributed by atoms with E-state index in [-0.39, 0.29) is 5.69 Å². The second-order valence-corrected chi connectivity index (χ2v) is 5.23. The van der Waals surface area contributed by atoms with Gasteiger partial charge in [-0.25, -0.2) is 9.78 Å². The maximum Gasteiger partial charge on any atom is 0.323 e. The third-order valence-electron chi connectivity index (χ3n) is 3.75. The highest BCUT2D eigenvalue weighted by Gasteiger charge is 2.06. The van der Waals surface area contributed by atoms with Gasteiger partial charge in [-0.15, -0.1) is 0 Å². The fraction of sp³-hybridized carbons (Fsp3) is 0.0588. The molecule has 2 N–H and O–H groups in total. The number of nitrogens with one attached hydrogen (secondary N) is 2. The van der Waals surface area contributed by atoms with Gasteiger partial charge in [0.1, 0.15) is 0 Å². The van der Waals surface area contributed by atoms with Crippen molar-refractivity contribution in [2.45, 2.75) is 6.42 Å². The van der Waals surface area contributed by atoms with Gasteiger partial charge in [0.15, 0.2) is 0 Å². The first-order valence-corrected chi connectivity index (χ1v) is 7.07. The minimum atomic E-state index is -0.175. The highest BCUT2D eigenvalue weighted by atomic mass is 16.1. The molecular weight excluding hydrogens is 276 g/mol. The lowest BCUT2D eigenvalue weighted by Gasteiger charge is -2.10. The number of aromatic nitrogens is 4. The fourth-order valence-corrected chi connectivity index (χ4v) is 2.72. The van der Waals surface area contributed by atoms with Crippen LogP contribution < -0.4 is 5.69 Å². The van der Waals surface area contributed by atoms with Crippen LogP contribution in [-0.2, 0) is 6.42 Å². The van der Waals surface area contributed by atoms with E-state index < -0.39 is 0 Å². The molecule has 0 fully saturated rings. The summed E-state index contributed by atoms with van der Waals surface area (Å²) in [4.78, 5) is 21.0. The molecule has 0 unspecified atom stereocenters. The molecule has 108 valence electrons. The van der Waals surface area contributed by atoms with Crippen LogP contribution in [0.4, 0.5) is 0 Å². The number of benzene rings is 2. The van der Waals surface area contributed by atoms with Gasteiger partial charge in [0.2, 0.25) is 0 Å². The summed E-state index contributed by atoms with van der Waals surface area (Å²) in [7, 11) is 0. The van der Waals surface area contributed by atoms with Gasteiger partial charge in [-0.3, -0.25) is 0 Å². The third kappa shape index (κ3) is 2.22. The van der Waals surface area contributed by atoms with Gasteiger partial charge in [0, 0.05) is 18.1 Å². The molecule has 0 aliphatic rings. The highest BCUT2D eigenvalue weighted by molar-refractivity contribution is 5.75. The first-order valence-electron chi connectivity index (χ1n) is 7.07. The zero-order valence-corrected chi connectivity index (χ0v) is 11.8. The second kappa shape index (κ2) is 5.04. The zero-order valence-electron chi connectivity index (χ0n) is 11.8. The molecule has 0 radical (unpaired) electrons. The lowest BCUT2D eigenvalue weighted by Crippen LogP contribution is -1.99. The summed E-state index contributed by atoms with van der Waals surface area (Å²) in [5, 5.41) is 0. The van der Waals surface area contributed by atoms with Crippen LogP contribution in [0.25, 0.3) is 16.7 Å². The SMILES string of the molecule is O=c1[nH]c2ccc(Cc3ccccc3-n3ccnc3)cc2[nH]1. The Morgan fingerprint density at radius 3 is 2.77 bits per heavy atom. The summed E-state index contributed by atoms with van der Waals surface area (Å²) < 4.78 is 2.01. The largest absolute Gasteiger partial charge is 0.323 e. The van der Waals surface area contributed by atoms with Gasteiger partial charge in [-0.05, 0) is 35.7 Å². The van der Waals surface area contributed by atoms with Gasteiger partial charge in [-0.1, -0.05) is 24.3 Å². The molecule has 0 aliphatic heterocycles. The maximum atomic E-state index is 11.3. The first kappa shape index (κ1) is 12.6. The number of H-pyrrole nitrogens is 2. The van der Waals surface area contributed by atoms with E-state index in [1.54, 1.807) is 12.5 Å². The zero-order chi connectivity index (χ0) is 14.9. The van der Waals surface area contributed by atoms with Crippen molar-refractivity contribution in [2.24, 2.45) is 0 Å². The molecule has 2 aromatic heterocycles. The average Bonchev–Trinajstić information content (AvgIpc) is 3.16. The molecule has 0 aliphatic carbocycles. The van der Waals surface area contributed by atoms with Crippen molar-refractivity contribution in [3.63, 3.8) is 0 Å². The lowest BCUT2D eigenvalue weighted by molar-refractivity contribution is 1.02. The van der Waals surface area contributed by atoms with Crippen LogP contribution in [0.1, 0.15) is 11.1 Å². The van der Waals surface area contributed by atoms with E-state index in [0.29, 0.717) is 0 Å². The Morgan fingerprint density at radius 1 is 1.05 bits per heavy atom. The van der Waals surface area contributed by atoms with Crippen molar-refractivity contribution in [3.05, 3.63) is 82.8 Å². The van der Waals surface area contributed by atoms with Gasteiger partial charge in [-0.2, -0.15) is 0 Å². The molecule has 0 atom stereocenters. The van der Waals surface area contributed by atoms with E-state index in [2.05, 4.69) is 27.1 Å². The van der Waals surface area contributed by atoms with Crippen molar-refractivity contribution in [1.29, 1.82) is 0 Å². The van der Waals surface area contributed by atoms with Crippen LogP contribution in [0.15, 0.2) is 66.0 Å². The van der Waals surface area contributed by atoms with Gasteiger partial charge >= 0.3 is 5.69 Å². The van der Waals surface area contributed by atoms with Gasteiger partial charge < -0.3 is 14.5 Å². The molecule has 0 spiro atoms. The number of nitrogens with zero attached hydrogens (tertiary/aromatic N) is 2. The smallest absolute Gasteiger partial charge is 0.306 e. The Labute approximate surface area is 126 Å². The molecule has 0 saturated carbocycles. The van der Waals surface area contributed by atoms with Crippen molar-refractivity contribution in [3.8, 4) is 5.69 Å². The Bertz CT molecular complexity index is 979. The summed E-state index contributed by atoms with van der Waals surface area (Å²) >= 11 is 0. The molecule has 2 aromatic carbocycles. The van der Waals surface area contributed by atoms with E-state index in [4.69, 9.17) is 0 Å².